The van der Waals surface area contributed by atoms with E-state index in [1.165, 1.54) is 19.1 Å². The third-order valence-electron chi connectivity index (χ3n) is 5.20. The molecule has 0 aliphatic carbocycles. The maximum absolute atomic E-state index is 13.7. The maximum atomic E-state index is 13.7. The number of aromatic nitrogens is 1. The summed E-state index contributed by atoms with van der Waals surface area (Å²) < 4.78 is 19.0. The van der Waals surface area contributed by atoms with Gasteiger partial charge in [-0.15, -0.1) is 0 Å². The molecule has 2 atom stereocenters. The smallest absolute Gasteiger partial charge is 0.412 e. The van der Waals surface area contributed by atoms with E-state index in [2.05, 4.69) is 15.7 Å². The third kappa shape index (κ3) is 7.33. The number of amides is 2. The zero-order valence-corrected chi connectivity index (χ0v) is 19.7. The zero-order valence-electron chi connectivity index (χ0n) is 18.9. The summed E-state index contributed by atoms with van der Waals surface area (Å²) in [5.41, 5.74) is 3.25. The van der Waals surface area contributed by atoms with Crippen LogP contribution in [0.15, 0.2) is 54.7 Å². The Hall–Kier alpha value is -3.31. The molecule has 0 bridgehead atoms. The van der Waals surface area contributed by atoms with Crippen LogP contribution in [0.4, 0.5) is 15.0 Å². The molecule has 0 saturated carbocycles. The van der Waals surface area contributed by atoms with Gasteiger partial charge in [-0.05, 0) is 23.1 Å². The predicted octanol–water partition coefficient (Wildman–Crippen LogP) is 3.24. The second-order valence-corrected chi connectivity index (χ2v) is 8.18. The number of anilines is 1. The minimum Gasteiger partial charge on any atom is -0.447 e. The standard InChI is InChI=1S/C24H26ClFN4O5/c1-15(32)30(28-12-18-7-4-8-21(26)23(18)25)19(10-20(33)13-31)14-35-24(34)29-22-9-16-5-2-3-6-17(16)11-27-22/h2-9,11,19-20,28,31,33H,10,12-14H2,1H3,(H,27,29,34)/t19-,20?/m0/s1. The normalized spacial score (nSPS) is 12.7. The number of ether oxygens (including phenoxy) is 1. The van der Waals surface area contributed by atoms with Gasteiger partial charge in [0, 0.05) is 31.5 Å². The SMILES string of the molecule is CC(=O)N(NCc1cccc(F)c1Cl)[C@H](COC(=O)Nc1cc2ccccc2cn1)CC(O)CO. The number of pyridine rings is 1. The fraction of sp³-hybridized carbons (Fsp3) is 0.292. The molecule has 0 aliphatic heterocycles. The van der Waals surface area contributed by atoms with Crippen molar-refractivity contribution in [1.82, 2.24) is 15.4 Å². The van der Waals surface area contributed by atoms with Crippen LogP contribution in [0.1, 0.15) is 18.9 Å². The van der Waals surface area contributed by atoms with Crippen LogP contribution in [0.25, 0.3) is 10.8 Å². The lowest BCUT2D eigenvalue weighted by Crippen LogP contribution is -2.52. The molecule has 2 aromatic carbocycles. The first-order valence-electron chi connectivity index (χ1n) is 10.8. The van der Waals surface area contributed by atoms with Gasteiger partial charge in [-0.1, -0.05) is 48.0 Å². The van der Waals surface area contributed by atoms with Crippen LogP contribution in [0.3, 0.4) is 0 Å². The van der Waals surface area contributed by atoms with Crippen LogP contribution >= 0.6 is 11.6 Å². The summed E-state index contributed by atoms with van der Waals surface area (Å²) in [6.45, 7) is 0.414. The molecule has 35 heavy (non-hydrogen) atoms. The molecule has 3 aromatic rings. The lowest BCUT2D eigenvalue weighted by Gasteiger charge is -2.32. The highest BCUT2D eigenvalue weighted by molar-refractivity contribution is 6.31. The first-order valence-corrected chi connectivity index (χ1v) is 11.2. The topological polar surface area (TPSA) is 124 Å². The van der Waals surface area contributed by atoms with Crippen molar-refractivity contribution < 1.29 is 28.9 Å². The minimum absolute atomic E-state index is 0.00486. The Morgan fingerprint density at radius 3 is 2.66 bits per heavy atom. The summed E-state index contributed by atoms with van der Waals surface area (Å²) in [5, 5.41) is 24.6. The van der Waals surface area contributed by atoms with E-state index in [4.69, 9.17) is 16.3 Å². The summed E-state index contributed by atoms with van der Waals surface area (Å²) in [5.74, 6) is -0.772. The van der Waals surface area contributed by atoms with E-state index in [1.807, 2.05) is 24.3 Å². The number of benzene rings is 2. The number of halogens is 2. The van der Waals surface area contributed by atoms with Crippen LogP contribution in [-0.2, 0) is 16.1 Å². The lowest BCUT2D eigenvalue weighted by atomic mass is 10.1. The molecule has 1 heterocycles. The van der Waals surface area contributed by atoms with Gasteiger partial charge in [0.2, 0.25) is 5.91 Å². The predicted molar refractivity (Wildman–Crippen MR) is 129 cm³/mol. The molecule has 11 heteroatoms. The van der Waals surface area contributed by atoms with Gasteiger partial charge in [-0.3, -0.25) is 15.1 Å². The van der Waals surface area contributed by atoms with Crippen molar-refractivity contribution in [3.8, 4) is 0 Å². The molecule has 1 unspecified atom stereocenters. The molecule has 4 N–H and O–H groups in total. The van der Waals surface area contributed by atoms with Gasteiger partial charge in [0.05, 0.1) is 23.8 Å². The van der Waals surface area contributed by atoms with Gasteiger partial charge in [-0.2, -0.15) is 0 Å². The molecule has 0 radical (unpaired) electrons. The van der Waals surface area contributed by atoms with Crippen LogP contribution in [0.5, 0.6) is 0 Å². The van der Waals surface area contributed by atoms with Crippen molar-refractivity contribution in [3.63, 3.8) is 0 Å². The summed E-state index contributed by atoms with van der Waals surface area (Å²) in [4.78, 5) is 28.9. The van der Waals surface area contributed by atoms with Crippen molar-refractivity contribution in [1.29, 1.82) is 0 Å². The molecule has 0 spiro atoms. The van der Waals surface area contributed by atoms with E-state index in [1.54, 1.807) is 18.3 Å². The van der Waals surface area contributed by atoms with Crippen molar-refractivity contribution in [3.05, 3.63) is 71.1 Å². The summed E-state index contributed by atoms with van der Waals surface area (Å²) in [6.07, 6.45) is -0.464. The van der Waals surface area contributed by atoms with E-state index in [0.29, 0.717) is 5.56 Å². The Labute approximate surface area is 206 Å². The fourth-order valence-electron chi connectivity index (χ4n) is 3.45. The lowest BCUT2D eigenvalue weighted by molar-refractivity contribution is -0.137. The Bertz CT molecular complexity index is 1180. The largest absolute Gasteiger partial charge is 0.447 e. The van der Waals surface area contributed by atoms with Crippen LogP contribution < -0.4 is 10.7 Å². The highest BCUT2D eigenvalue weighted by atomic mass is 35.5. The maximum Gasteiger partial charge on any atom is 0.412 e. The minimum atomic E-state index is -1.17. The monoisotopic (exact) mass is 504 g/mol. The molecule has 2 amide bonds. The number of nitrogens with one attached hydrogen (secondary N) is 2. The Kier molecular flexibility index (Phi) is 9.32. The number of rotatable bonds is 10. The number of carbonyl (C=O) groups is 2. The molecule has 0 saturated heterocycles. The van der Waals surface area contributed by atoms with Gasteiger partial charge in [-0.25, -0.2) is 19.6 Å². The van der Waals surface area contributed by atoms with Crippen molar-refractivity contribution >= 4 is 40.2 Å². The molecule has 9 nitrogen and oxygen atoms in total. The number of nitrogens with zero attached hydrogens (tertiary/aromatic N) is 2. The summed E-state index contributed by atoms with van der Waals surface area (Å²) >= 11 is 5.98. The van der Waals surface area contributed by atoms with Gasteiger partial charge >= 0.3 is 6.09 Å². The van der Waals surface area contributed by atoms with Gasteiger partial charge in [0.25, 0.3) is 0 Å². The van der Waals surface area contributed by atoms with E-state index in [0.717, 1.165) is 15.8 Å². The Morgan fingerprint density at radius 1 is 1.20 bits per heavy atom. The van der Waals surface area contributed by atoms with E-state index < -0.39 is 36.6 Å². The van der Waals surface area contributed by atoms with Gasteiger partial charge in [0.15, 0.2) is 0 Å². The first kappa shape index (κ1) is 26.3. The number of aliphatic hydroxyl groups excluding tert-OH is 2. The van der Waals surface area contributed by atoms with Crippen molar-refractivity contribution in [2.24, 2.45) is 0 Å². The second kappa shape index (κ2) is 12.4. The third-order valence-corrected chi connectivity index (χ3v) is 5.62. The molecule has 3 rings (SSSR count). The molecule has 0 fully saturated rings. The molecule has 186 valence electrons. The Balaban J connectivity index is 1.67. The molecular formula is C24H26ClFN4O5. The van der Waals surface area contributed by atoms with Gasteiger partial charge < -0.3 is 14.9 Å². The Morgan fingerprint density at radius 2 is 1.94 bits per heavy atom. The number of carbonyl (C=O) groups excluding carboxylic acids is 2. The summed E-state index contributed by atoms with van der Waals surface area (Å²) in [6, 6.07) is 12.6. The number of aliphatic hydroxyl groups is 2. The number of fused-ring (bicyclic) bond motifs is 1. The van der Waals surface area contributed by atoms with Gasteiger partial charge in [0.1, 0.15) is 18.2 Å². The van der Waals surface area contributed by atoms with Crippen LogP contribution in [0.2, 0.25) is 5.02 Å². The zero-order chi connectivity index (χ0) is 25.4. The van der Waals surface area contributed by atoms with Crippen molar-refractivity contribution in [2.75, 3.05) is 18.5 Å². The average molecular weight is 505 g/mol. The molecular weight excluding hydrogens is 479 g/mol. The highest BCUT2D eigenvalue weighted by Gasteiger charge is 2.26. The number of hydrogen-bond donors (Lipinski definition) is 4. The van der Waals surface area contributed by atoms with E-state index in [9.17, 15) is 24.2 Å². The summed E-state index contributed by atoms with van der Waals surface area (Å²) in [7, 11) is 0. The average Bonchev–Trinajstić information content (AvgIpc) is 2.84. The fourth-order valence-corrected chi connectivity index (χ4v) is 3.65. The molecule has 0 aliphatic rings. The number of hydrazine groups is 1. The molecule has 1 aromatic heterocycles. The highest BCUT2D eigenvalue weighted by Crippen LogP contribution is 2.20. The van der Waals surface area contributed by atoms with Crippen molar-refractivity contribution in [2.45, 2.75) is 32.0 Å². The quantitative estimate of drug-likeness (QED) is 0.312. The van der Waals surface area contributed by atoms with E-state index in [-0.39, 0.29) is 30.4 Å². The second-order valence-electron chi connectivity index (χ2n) is 7.80. The number of hydrogen-bond acceptors (Lipinski definition) is 7. The van der Waals surface area contributed by atoms with Crippen LogP contribution in [0, 0.1) is 5.82 Å². The first-order chi connectivity index (χ1) is 16.8. The van der Waals surface area contributed by atoms with Crippen LogP contribution in [-0.4, -0.2) is 57.6 Å². The van der Waals surface area contributed by atoms with E-state index >= 15 is 0 Å².